The van der Waals surface area contributed by atoms with Gasteiger partial charge in [0.1, 0.15) is 5.75 Å². The molecule has 0 amide bonds. The summed E-state index contributed by atoms with van der Waals surface area (Å²) < 4.78 is 5.52. The van der Waals surface area contributed by atoms with Gasteiger partial charge in [0.05, 0.1) is 12.3 Å². The Balaban J connectivity index is 2.02. The lowest BCUT2D eigenvalue weighted by Crippen LogP contribution is -2.26. The van der Waals surface area contributed by atoms with Gasteiger partial charge in [-0.15, -0.1) is 0 Å². The minimum Gasteiger partial charge on any atom is -0.492 e. The van der Waals surface area contributed by atoms with Crippen LogP contribution in [0.2, 0.25) is 0 Å². The van der Waals surface area contributed by atoms with Gasteiger partial charge in [0.15, 0.2) is 0 Å². The van der Waals surface area contributed by atoms with Crippen LogP contribution in [-0.2, 0) is 0 Å². The molecule has 0 spiro atoms. The van der Waals surface area contributed by atoms with Gasteiger partial charge < -0.3 is 15.8 Å². The van der Waals surface area contributed by atoms with E-state index in [1.54, 1.807) is 0 Å². The Kier molecular flexibility index (Phi) is 4.34. The maximum Gasteiger partial charge on any atom is 0.144 e. The molecule has 3 nitrogen and oxygen atoms in total. The Bertz CT molecular complexity index is 392. The minimum absolute atomic E-state index is 0.590. The van der Waals surface area contributed by atoms with Crippen molar-refractivity contribution in [1.82, 2.24) is 0 Å². The van der Waals surface area contributed by atoms with Crippen molar-refractivity contribution in [3.05, 3.63) is 18.2 Å². The van der Waals surface area contributed by atoms with Gasteiger partial charge in [-0.25, -0.2) is 0 Å². The summed E-state index contributed by atoms with van der Waals surface area (Å²) in [5.41, 5.74) is 7.70. The molecule has 3 N–H and O–H groups in total. The molecule has 18 heavy (non-hydrogen) atoms. The molecule has 0 radical (unpaired) electrons. The van der Waals surface area contributed by atoms with E-state index >= 15 is 0 Å². The fourth-order valence-corrected chi connectivity index (χ4v) is 2.71. The van der Waals surface area contributed by atoms with Crippen LogP contribution in [0.3, 0.4) is 0 Å². The Hall–Kier alpha value is -1.38. The van der Waals surface area contributed by atoms with Crippen LogP contribution in [0.1, 0.15) is 39.5 Å². The molecule has 2 rings (SSSR count). The van der Waals surface area contributed by atoms with E-state index in [2.05, 4.69) is 12.2 Å². The molecule has 1 fully saturated rings. The molecule has 1 saturated carbocycles. The van der Waals surface area contributed by atoms with Crippen LogP contribution in [-0.4, -0.2) is 12.6 Å². The number of hydrogen-bond donors (Lipinski definition) is 2. The van der Waals surface area contributed by atoms with Crippen molar-refractivity contribution in [3.8, 4) is 5.75 Å². The second kappa shape index (κ2) is 5.98. The molecule has 100 valence electrons. The van der Waals surface area contributed by atoms with Crippen molar-refractivity contribution < 1.29 is 4.74 Å². The lowest BCUT2D eigenvalue weighted by Gasteiger charge is -2.28. The average Bonchev–Trinajstić information content (AvgIpc) is 2.34. The van der Waals surface area contributed by atoms with E-state index in [4.69, 9.17) is 10.5 Å². The minimum atomic E-state index is 0.590. The third kappa shape index (κ3) is 3.31. The molecular formula is C15H24N2O. The second-order valence-corrected chi connectivity index (χ2v) is 5.30. The quantitative estimate of drug-likeness (QED) is 0.799. The van der Waals surface area contributed by atoms with Crippen molar-refractivity contribution in [2.75, 3.05) is 17.7 Å². The number of ether oxygens (including phenoxy) is 1. The standard InChI is InChI=1S/C15H24N2O/c1-3-18-15-10-13(7-8-14(15)16)17-12-6-4-5-11(2)9-12/h7-8,10-12,17H,3-6,9,16H2,1-2H3. The highest BCUT2D eigenvalue weighted by Gasteiger charge is 2.18. The fraction of sp³-hybridized carbons (Fsp3) is 0.600. The van der Waals surface area contributed by atoms with E-state index in [9.17, 15) is 0 Å². The summed E-state index contributed by atoms with van der Waals surface area (Å²) in [5.74, 6) is 1.61. The molecule has 2 atom stereocenters. The van der Waals surface area contributed by atoms with Crippen LogP contribution in [0.5, 0.6) is 5.75 Å². The fourth-order valence-electron chi connectivity index (χ4n) is 2.71. The first-order valence-corrected chi connectivity index (χ1v) is 6.98. The van der Waals surface area contributed by atoms with Crippen LogP contribution in [0.4, 0.5) is 11.4 Å². The molecule has 0 aromatic heterocycles. The smallest absolute Gasteiger partial charge is 0.144 e. The maximum atomic E-state index is 5.88. The second-order valence-electron chi connectivity index (χ2n) is 5.30. The van der Waals surface area contributed by atoms with E-state index in [1.807, 2.05) is 25.1 Å². The third-order valence-electron chi connectivity index (χ3n) is 3.62. The molecule has 2 unspecified atom stereocenters. The van der Waals surface area contributed by atoms with E-state index in [0.29, 0.717) is 18.3 Å². The van der Waals surface area contributed by atoms with Gasteiger partial charge in [-0.05, 0) is 37.8 Å². The zero-order chi connectivity index (χ0) is 13.0. The van der Waals surface area contributed by atoms with Gasteiger partial charge in [0.25, 0.3) is 0 Å². The summed E-state index contributed by atoms with van der Waals surface area (Å²) in [6.45, 7) is 4.96. The van der Waals surface area contributed by atoms with Crippen molar-refractivity contribution in [2.24, 2.45) is 5.92 Å². The lowest BCUT2D eigenvalue weighted by atomic mass is 9.87. The van der Waals surface area contributed by atoms with Crippen molar-refractivity contribution in [2.45, 2.75) is 45.6 Å². The number of hydrogen-bond acceptors (Lipinski definition) is 3. The third-order valence-corrected chi connectivity index (χ3v) is 3.62. The highest BCUT2D eigenvalue weighted by atomic mass is 16.5. The number of benzene rings is 1. The van der Waals surface area contributed by atoms with Gasteiger partial charge in [0, 0.05) is 17.8 Å². The van der Waals surface area contributed by atoms with Crippen LogP contribution in [0, 0.1) is 5.92 Å². The Morgan fingerprint density at radius 3 is 2.94 bits per heavy atom. The molecule has 3 heteroatoms. The van der Waals surface area contributed by atoms with Gasteiger partial charge >= 0.3 is 0 Å². The van der Waals surface area contributed by atoms with Crippen LogP contribution < -0.4 is 15.8 Å². The zero-order valence-corrected chi connectivity index (χ0v) is 11.4. The summed E-state index contributed by atoms with van der Waals surface area (Å²) in [5, 5.41) is 3.60. The van der Waals surface area contributed by atoms with Gasteiger partial charge in [0.2, 0.25) is 0 Å². The summed E-state index contributed by atoms with van der Waals surface area (Å²) in [4.78, 5) is 0. The summed E-state index contributed by atoms with van der Waals surface area (Å²) in [7, 11) is 0. The zero-order valence-electron chi connectivity index (χ0n) is 11.4. The van der Waals surface area contributed by atoms with Crippen molar-refractivity contribution >= 4 is 11.4 Å². The summed E-state index contributed by atoms with van der Waals surface area (Å²) >= 11 is 0. The van der Waals surface area contributed by atoms with Crippen molar-refractivity contribution in [3.63, 3.8) is 0 Å². The van der Waals surface area contributed by atoms with Gasteiger partial charge in [-0.1, -0.05) is 19.8 Å². The first-order valence-electron chi connectivity index (χ1n) is 6.98. The highest BCUT2D eigenvalue weighted by Crippen LogP contribution is 2.29. The molecule has 1 aliphatic carbocycles. The van der Waals surface area contributed by atoms with Crippen LogP contribution in [0.15, 0.2) is 18.2 Å². The molecule has 0 heterocycles. The summed E-state index contributed by atoms with van der Waals surface area (Å²) in [6.07, 6.45) is 5.21. The molecule has 0 saturated heterocycles. The monoisotopic (exact) mass is 248 g/mol. The molecule has 1 aliphatic rings. The van der Waals surface area contributed by atoms with E-state index in [1.165, 1.54) is 25.7 Å². The molecule has 0 aliphatic heterocycles. The highest BCUT2D eigenvalue weighted by molar-refractivity contribution is 5.61. The van der Waals surface area contributed by atoms with Crippen LogP contribution >= 0.6 is 0 Å². The van der Waals surface area contributed by atoms with E-state index in [0.717, 1.165) is 17.4 Å². The molecule has 0 bridgehead atoms. The Morgan fingerprint density at radius 1 is 1.39 bits per heavy atom. The van der Waals surface area contributed by atoms with E-state index < -0.39 is 0 Å². The number of nitrogen functional groups attached to an aromatic ring is 1. The van der Waals surface area contributed by atoms with Crippen LogP contribution in [0.25, 0.3) is 0 Å². The number of nitrogens with two attached hydrogens (primary N) is 1. The lowest BCUT2D eigenvalue weighted by molar-refractivity contribution is 0.341. The Morgan fingerprint density at radius 2 is 2.22 bits per heavy atom. The summed E-state index contributed by atoms with van der Waals surface area (Å²) in [6, 6.07) is 6.56. The number of rotatable bonds is 4. The Labute approximate surface area is 110 Å². The first-order chi connectivity index (χ1) is 8.69. The van der Waals surface area contributed by atoms with E-state index in [-0.39, 0.29) is 0 Å². The molecular weight excluding hydrogens is 224 g/mol. The van der Waals surface area contributed by atoms with Gasteiger partial charge in [-0.3, -0.25) is 0 Å². The van der Waals surface area contributed by atoms with Gasteiger partial charge in [-0.2, -0.15) is 0 Å². The SMILES string of the molecule is CCOc1cc(NC2CCCC(C)C2)ccc1N. The predicted octanol–water partition coefficient (Wildman–Crippen LogP) is 3.66. The average molecular weight is 248 g/mol. The maximum absolute atomic E-state index is 5.88. The number of anilines is 2. The first kappa shape index (κ1) is 13.1. The molecule has 1 aromatic rings. The largest absolute Gasteiger partial charge is 0.492 e. The normalized spacial score (nSPS) is 23.7. The predicted molar refractivity (Wildman–Crippen MR) is 77.1 cm³/mol. The van der Waals surface area contributed by atoms with Crippen molar-refractivity contribution in [1.29, 1.82) is 0 Å². The molecule has 1 aromatic carbocycles. The number of nitrogens with one attached hydrogen (secondary N) is 1. The topological polar surface area (TPSA) is 47.3 Å².